The van der Waals surface area contributed by atoms with E-state index < -0.39 is 0 Å². The van der Waals surface area contributed by atoms with E-state index in [-0.39, 0.29) is 0 Å². The molecular weight excluding hydrogens is 274 g/mol. The van der Waals surface area contributed by atoms with Crippen molar-refractivity contribution in [1.82, 2.24) is 5.32 Å². The molecule has 0 saturated heterocycles. The summed E-state index contributed by atoms with van der Waals surface area (Å²) in [6.07, 6.45) is 8.86. The van der Waals surface area contributed by atoms with Crippen molar-refractivity contribution in [2.24, 2.45) is 5.41 Å². The highest BCUT2D eigenvalue weighted by atomic mass is 32.2. The molecule has 21 heavy (non-hydrogen) atoms. The van der Waals surface area contributed by atoms with Crippen molar-refractivity contribution in [3.8, 4) is 0 Å². The Kier molecular flexibility index (Phi) is 6.19. The standard InChI is InChI=1S/C19H31NS/c1-19(2,3)14-18(15-8-6-5-7-9-15)20-16-10-12-17(21-4)13-11-16/h5-9,16-18,20H,10-14H2,1-4H3. The Hall–Kier alpha value is -0.470. The fraction of sp³-hybridized carbons (Fsp3) is 0.684. The zero-order valence-corrected chi connectivity index (χ0v) is 14.9. The molecule has 0 spiro atoms. The van der Waals surface area contributed by atoms with Crippen LogP contribution in [0.25, 0.3) is 0 Å². The van der Waals surface area contributed by atoms with Crippen LogP contribution in [0.2, 0.25) is 0 Å². The van der Waals surface area contributed by atoms with Crippen LogP contribution in [-0.4, -0.2) is 17.5 Å². The molecule has 1 aromatic rings. The van der Waals surface area contributed by atoms with Gasteiger partial charge in [-0.05, 0) is 49.3 Å². The third-order valence-corrected chi connectivity index (χ3v) is 5.60. The molecule has 1 unspecified atom stereocenters. The second-order valence-corrected chi connectivity index (χ2v) is 8.74. The van der Waals surface area contributed by atoms with Crippen LogP contribution in [-0.2, 0) is 0 Å². The molecule has 0 heterocycles. The molecule has 2 heteroatoms. The zero-order valence-electron chi connectivity index (χ0n) is 14.1. The molecule has 1 saturated carbocycles. The summed E-state index contributed by atoms with van der Waals surface area (Å²) >= 11 is 2.05. The summed E-state index contributed by atoms with van der Waals surface area (Å²) in [6, 6.07) is 12.2. The van der Waals surface area contributed by atoms with Gasteiger partial charge < -0.3 is 5.32 Å². The van der Waals surface area contributed by atoms with Gasteiger partial charge in [0, 0.05) is 17.3 Å². The molecule has 2 rings (SSSR count). The number of hydrogen-bond donors (Lipinski definition) is 1. The van der Waals surface area contributed by atoms with Crippen LogP contribution in [0.1, 0.15) is 64.5 Å². The molecular formula is C19H31NS. The maximum atomic E-state index is 3.96. The molecule has 0 bridgehead atoms. The Morgan fingerprint density at radius 2 is 1.71 bits per heavy atom. The third kappa shape index (κ3) is 5.67. The average Bonchev–Trinajstić information content (AvgIpc) is 2.47. The van der Waals surface area contributed by atoms with E-state index >= 15 is 0 Å². The van der Waals surface area contributed by atoms with Gasteiger partial charge in [0.25, 0.3) is 0 Å². The molecule has 0 amide bonds. The van der Waals surface area contributed by atoms with Gasteiger partial charge in [-0.25, -0.2) is 0 Å². The molecule has 1 aliphatic carbocycles. The lowest BCUT2D eigenvalue weighted by Gasteiger charge is -2.34. The number of rotatable bonds is 5. The highest BCUT2D eigenvalue weighted by Crippen LogP contribution is 2.33. The van der Waals surface area contributed by atoms with Crippen LogP contribution in [0.4, 0.5) is 0 Å². The highest BCUT2D eigenvalue weighted by molar-refractivity contribution is 7.99. The van der Waals surface area contributed by atoms with Crippen LogP contribution in [0.15, 0.2) is 30.3 Å². The minimum atomic E-state index is 0.351. The van der Waals surface area contributed by atoms with Gasteiger partial charge in [0.05, 0.1) is 0 Å². The summed E-state index contributed by atoms with van der Waals surface area (Å²) in [5, 5.41) is 4.85. The molecule has 1 aliphatic rings. The smallest absolute Gasteiger partial charge is 0.0327 e. The van der Waals surface area contributed by atoms with Gasteiger partial charge in [0.15, 0.2) is 0 Å². The lowest BCUT2D eigenvalue weighted by molar-refractivity contribution is 0.269. The van der Waals surface area contributed by atoms with Gasteiger partial charge in [0.2, 0.25) is 0 Å². The highest BCUT2D eigenvalue weighted by Gasteiger charge is 2.26. The molecule has 1 N–H and O–H groups in total. The van der Waals surface area contributed by atoms with Gasteiger partial charge in [-0.15, -0.1) is 0 Å². The Bertz CT molecular complexity index is 401. The third-order valence-electron chi connectivity index (χ3n) is 4.46. The van der Waals surface area contributed by atoms with Crippen molar-refractivity contribution >= 4 is 11.8 Å². The molecule has 1 atom stereocenters. The first-order valence-corrected chi connectivity index (χ1v) is 9.60. The van der Waals surface area contributed by atoms with E-state index in [4.69, 9.17) is 0 Å². The maximum Gasteiger partial charge on any atom is 0.0327 e. The van der Waals surface area contributed by atoms with E-state index in [1.165, 1.54) is 37.7 Å². The number of nitrogens with one attached hydrogen (secondary N) is 1. The zero-order chi connectivity index (χ0) is 15.3. The quantitative estimate of drug-likeness (QED) is 0.778. The van der Waals surface area contributed by atoms with Gasteiger partial charge in [-0.2, -0.15) is 11.8 Å². The van der Waals surface area contributed by atoms with Gasteiger partial charge in [-0.3, -0.25) is 0 Å². The summed E-state index contributed by atoms with van der Waals surface area (Å²) in [6.45, 7) is 7.03. The van der Waals surface area contributed by atoms with E-state index in [1.807, 2.05) is 11.8 Å². The van der Waals surface area contributed by atoms with Crippen molar-refractivity contribution in [3.63, 3.8) is 0 Å². The summed E-state index contributed by atoms with van der Waals surface area (Å²) < 4.78 is 0. The first-order chi connectivity index (χ1) is 9.98. The summed E-state index contributed by atoms with van der Waals surface area (Å²) in [7, 11) is 0. The largest absolute Gasteiger partial charge is 0.307 e. The van der Waals surface area contributed by atoms with E-state index in [0.717, 1.165) is 5.25 Å². The topological polar surface area (TPSA) is 12.0 Å². The monoisotopic (exact) mass is 305 g/mol. The molecule has 1 aromatic carbocycles. The van der Waals surface area contributed by atoms with Crippen LogP contribution < -0.4 is 5.32 Å². The van der Waals surface area contributed by atoms with Crippen LogP contribution in [0.3, 0.4) is 0 Å². The summed E-state index contributed by atoms with van der Waals surface area (Å²) in [5.41, 5.74) is 1.80. The second kappa shape index (κ2) is 7.69. The van der Waals surface area contributed by atoms with Crippen LogP contribution in [0, 0.1) is 5.41 Å². The van der Waals surface area contributed by atoms with E-state index in [1.54, 1.807) is 0 Å². The predicted molar refractivity (Wildman–Crippen MR) is 95.9 cm³/mol. The Morgan fingerprint density at radius 3 is 2.24 bits per heavy atom. The molecule has 118 valence electrons. The Balaban J connectivity index is 2.00. The lowest BCUT2D eigenvalue weighted by Crippen LogP contribution is -2.38. The van der Waals surface area contributed by atoms with Crippen LogP contribution in [0.5, 0.6) is 0 Å². The molecule has 0 radical (unpaired) electrons. The van der Waals surface area contributed by atoms with E-state index in [0.29, 0.717) is 17.5 Å². The van der Waals surface area contributed by atoms with Gasteiger partial charge >= 0.3 is 0 Å². The lowest BCUT2D eigenvalue weighted by atomic mass is 9.84. The molecule has 0 aromatic heterocycles. The summed E-state index contributed by atoms with van der Waals surface area (Å²) in [5.74, 6) is 0. The van der Waals surface area contributed by atoms with Crippen molar-refractivity contribution in [2.45, 2.75) is 70.2 Å². The molecule has 1 fully saturated rings. The van der Waals surface area contributed by atoms with Gasteiger partial charge in [-0.1, -0.05) is 51.1 Å². The minimum Gasteiger partial charge on any atom is -0.307 e. The second-order valence-electron chi connectivity index (χ2n) is 7.60. The van der Waals surface area contributed by atoms with Crippen molar-refractivity contribution in [3.05, 3.63) is 35.9 Å². The Labute approximate surface area is 135 Å². The molecule has 0 aliphatic heterocycles. The van der Waals surface area contributed by atoms with Crippen molar-refractivity contribution in [2.75, 3.05) is 6.26 Å². The number of benzene rings is 1. The SMILES string of the molecule is CSC1CCC(NC(CC(C)(C)C)c2ccccc2)CC1. The average molecular weight is 306 g/mol. The fourth-order valence-electron chi connectivity index (χ4n) is 3.32. The first kappa shape index (κ1) is 16.9. The van der Waals surface area contributed by atoms with E-state index in [2.05, 4.69) is 62.7 Å². The number of thioether (sulfide) groups is 1. The minimum absolute atomic E-state index is 0.351. The normalized spacial score (nSPS) is 24.8. The van der Waals surface area contributed by atoms with E-state index in [9.17, 15) is 0 Å². The first-order valence-electron chi connectivity index (χ1n) is 8.32. The number of hydrogen-bond acceptors (Lipinski definition) is 2. The maximum absolute atomic E-state index is 3.96. The fourth-order valence-corrected chi connectivity index (χ4v) is 4.06. The molecule has 1 nitrogen and oxygen atoms in total. The van der Waals surface area contributed by atoms with Crippen LogP contribution >= 0.6 is 11.8 Å². The predicted octanol–water partition coefficient (Wildman–Crippen LogP) is 5.43. The summed E-state index contributed by atoms with van der Waals surface area (Å²) in [4.78, 5) is 0. The Morgan fingerprint density at radius 1 is 1.10 bits per heavy atom. The van der Waals surface area contributed by atoms with Crippen molar-refractivity contribution in [1.29, 1.82) is 0 Å². The van der Waals surface area contributed by atoms with Gasteiger partial charge in [0.1, 0.15) is 0 Å². The van der Waals surface area contributed by atoms with Crippen molar-refractivity contribution < 1.29 is 0 Å².